The fraction of sp³-hybridized carbons (Fsp3) is 0.250. The van der Waals surface area contributed by atoms with Gasteiger partial charge in [0.05, 0.1) is 35.0 Å². The van der Waals surface area contributed by atoms with E-state index < -0.39 is 5.97 Å². The van der Waals surface area contributed by atoms with Crippen LogP contribution in [0.3, 0.4) is 0 Å². The second-order valence-electron chi connectivity index (χ2n) is 6.48. The van der Waals surface area contributed by atoms with Crippen LogP contribution in [-0.4, -0.2) is 37.1 Å². The number of aromatic carboxylic acids is 1. The number of pyridine rings is 1. The predicted molar refractivity (Wildman–Crippen MR) is 97.1 cm³/mol. The molecule has 3 aromatic rings. The molecule has 6 nitrogen and oxygen atoms in total. The second-order valence-corrected chi connectivity index (χ2v) is 6.48. The van der Waals surface area contributed by atoms with E-state index in [1.54, 1.807) is 29.1 Å². The number of carboxylic acids is 1. The molecule has 3 heterocycles. The minimum absolute atomic E-state index is 0.268. The van der Waals surface area contributed by atoms with E-state index in [1.807, 2.05) is 30.6 Å². The van der Waals surface area contributed by atoms with Gasteiger partial charge >= 0.3 is 5.97 Å². The van der Waals surface area contributed by atoms with Crippen molar-refractivity contribution in [3.05, 3.63) is 78.1 Å². The van der Waals surface area contributed by atoms with Crippen molar-refractivity contribution in [1.82, 2.24) is 19.4 Å². The van der Waals surface area contributed by atoms with Crippen LogP contribution in [0.4, 0.5) is 0 Å². The zero-order valence-corrected chi connectivity index (χ0v) is 14.3. The number of rotatable bonds is 5. The molecule has 1 aromatic carbocycles. The number of imidazole rings is 1. The van der Waals surface area contributed by atoms with Crippen LogP contribution in [0.25, 0.3) is 5.69 Å². The van der Waals surface area contributed by atoms with E-state index in [0.717, 1.165) is 37.3 Å². The lowest BCUT2D eigenvalue weighted by Gasteiger charge is -2.22. The Balaban J connectivity index is 1.55. The molecule has 132 valence electrons. The third-order valence-corrected chi connectivity index (χ3v) is 4.81. The summed E-state index contributed by atoms with van der Waals surface area (Å²) in [5, 5.41) is 9.38. The van der Waals surface area contributed by atoms with Gasteiger partial charge in [-0.1, -0.05) is 18.2 Å². The summed E-state index contributed by atoms with van der Waals surface area (Å²) < 4.78 is 1.78. The lowest BCUT2D eigenvalue weighted by molar-refractivity contribution is 0.0697. The molecule has 4 rings (SSSR count). The first-order chi connectivity index (χ1) is 12.7. The summed E-state index contributed by atoms with van der Waals surface area (Å²) in [6.45, 7) is 1.74. The summed E-state index contributed by atoms with van der Waals surface area (Å²) in [4.78, 5) is 22.8. The Labute approximate surface area is 151 Å². The summed E-state index contributed by atoms with van der Waals surface area (Å²) in [6, 6.07) is 13.3. The van der Waals surface area contributed by atoms with Crippen molar-refractivity contribution in [3.8, 4) is 5.69 Å². The molecule has 1 saturated heterocycles. The monoisotopic (exact) mass is 348 g/mol. The van der Waals surface area contributed by atoms with Crippen LogP contribution in [-0.2, 0) is 6.54 Å². The Bertz CT molecular complexity index is 907. The quantitative estimate of drug-likeness (QED) is 0.766. The van der Waals surface area contributed by atoms with Crippen LogP contribution in [0.2, 0.25) is 0 Å². The Morgan fingerprint density at radius 3 is 2.81 bits per heavy atom. The number of carbonyl (C=O) groups is 1. The molecule has 0 aliphatic carbocycles. The SMILES string of the molecule is O=C(O)c1ccccc1-n1cnc(CN2CCCC2c2ccccn2)c1. The lowest BCUT2D eigenvalue weighted by Crippen LogP contribution is -2.23. The van der Waals surface area contributed by atoms with Crippen molar-refractivity contribution in [3.63, 3.8) is 0 Å². The third kappa shape index (κ3) is 3.23. The number of carboxylic acid groups (broad SMARTS) is 1. The van der Waals surface area contributed by atoms with Crippen molar-refractivity contribution >= 4 is 5.97 Å². The van der Waals surface area contributed by atoms with Crippen LogP contribution in [0.15, 0.2) is 61.2 Å². The van der Waals surface area contributed by atoms with Crippen LogP contribution in [0.5, 0.6) is 0 Å². The Hall–Kier alpha value is -2.99. The smallest absolute Gasteiger partial charge is 0.337 e. The first-order valence-corrected chi connectivity index (χ1v) is 8.73. The first kappa shape index (κ1) is 16.5. The van der Waals surface area contributed by atoms with Gasteiger partial charge in [0.1, 0.15) is 0 Å². The maximum atomic E-state index is 11.4. The Morgan fingerprint density at radius 2 is 2.00 bits per heavy atom. The molecule has 1 atom stereocenters. The highest BCUT2D eigenvalue weighted by Gasteiger charge is 2.27. The van der Waals surface area contributed by atoms with Crippen molar-refractivity contribution in [2.45, 2.75) is 25.4 Å². The molecular formula is C20H20N4O2. The molecule has 0 bridgehead atoms. The van der Waals surface area contributed by atoms with Crippen molar-refractivity contribution in [2.75, 3.05) is 6.54 Å². The normalized spacial score (nSPS) is 17.5. The number of benzene rings is 1. The van der Waals surface area contributed by atoms with E-state index in [1.165, 1.54) is 0 Å². The van der Waals surface area contributed by atoms with Gasteiger partial charge < -0.3 is 9.67 Å². The number of hydrogen-bond acceptors (Lipinski definition) is 4. The molecule has 0 radical (unpaired) electrons. The van der Waals surface area contributed by atoms with Crippen LogP contribution < -0.4 is 0 Å². The number of hydrogen-bond donors (Lipinski definition) is 1. The number of likely N-dealkylation sites (tertiary alicyclic amines) is 1. The average molecular weight is 348 g/mol. The van der Waals surface area contributed by atoms with E-state index in [0.29, 0.717) is 11.7 Å². The van der Waals surface area contributed by atoms with Crippen molar-refractivity contribution in [2.24, 2.45) is 0 Å². The van der Waals surface area contributed by atoms with Crippen LogP contribution in [0, 0.1) is 0 Å². The van der Waals surface area contributed by atoms with E-state index in [2.05, 4.69) is 20.9 Å². The zero-order chi connectivity index (χ0) is 17.9. The Morgan fingerprint density at radius 1 is 1.15 bits per heavy atom. The molecule has 2 aromatic heterocycles. The standard InChI is InChI=1S/C20H20N4O2/c25-20(26)16-6-1-2-8-18(16)24-13-15(22-14-24)12-23-11-5-9-19(23)17-7-3-4-10-21-17/h1-4,6-8,10,13-14,19H,5,9,11-12H2,(H,25,26). The second kappa shape index (κ2) is 7.09. The molecule has 26 heavy (non-hydrogen) atoms. The van der Waals surface area contributed by atoms with Gasteiger partial charge in [-0.05, 0) is 43.7 Å². The van der Waals surface area contributed by atoms with Gasteiger partial charge in [-0.2, -0.15) is 0 Å². The number of para-hydroxylation sites is 1. The molecule has 0 spiro atoms. The topological polar surface area (TPSA) is 71.2 Å². The summed E-state index contributed by atoms with van der Waals surface area (Å²) in [5.74, 6) is -0.939. The van der Waals surface area contributed by atoms with E-state index >= 15 is 0 Å². The van der Waals surface area contributed by atoms with Gasteiger partial charge in [-0.15, -0.1) is 0 Å². The van der Waals surface area contributed by atoms with E-state index in [4.69, 9.17) is 0 Å². The molecule has 1 aliphatic rings. The average Bonchev–Trinajstić information content (AvgIpc) is 3.32. The number of aromatic nitrogens is 3. The maximum Gasteiger partial charge on any atom is 0.337 e. The van der Waals surface area contributed by atoms with Crippen molar-refractivity contribution in [1.29, 1.82) is 0 Å². The number of nitrogens with zero attached hydrogens (tertiary/aromatic N) is 4. The molecule has 1 fully saturated rings. The van der Waals surface area contributed by atoms with Gasteiger partial charge in [0, 0.05) is 18.9 Å². The molecule has 1 unspecified atom stereocenters. The van der Waals surface area contributed by atoms with Gasteiger partial charge in [0.2, 0.25) is 0 Å². The first-order valence-electron chi connectivity index (χ1n) is 8.73. The molecular weight excluding hydrogens is 328 g/mol. The molecule has 0 amide bonds. The summed E-state index contributed by atoms with van der Waals surface area (Å²) in [5.41, 5.74) is 2.92. The van der Waals surface area contributed by atoms with Gasteiger partial charge in [0.25, 0.3) is 0 Å². The summed E-state index contributed by atoms with van der Waals surface area (Å²) in [7, 11) is 0. The summed E-state index contributed by atoms with van der Waals surface area (Å²) >= 11 is 0. The minimum Gasteiger partial charge on any atom is -0.478 e. The predicted octanol–water partition coefficient (Wildman–Crippen LogP) is 3.30. The minimum atomic E-state index is -0.939. The van der Waals surface area contributed by atoms with Gasteiger partial charge in [-0.3, -0.25) is 9.88 Å². The molecule has 1 N–H and O–H groups in total. The molecule has 6 heteroatoms. The largest absolute Gasteiger partial charge is 0.478 e. The van der Waals surface area contributed by atoms with Crippen molar-refractivity contribution < 1.29 is 9.90 Å². The third-order valence-electron chi connectivity index (χ3n) is 4.81. The van der Waals surface area contributed by atoms with Crippen LogP contribution >= 0.6 is 0 Å². The van der Waals surface area contributed by atoms with Crippen LogP contribution in [0.1, 0.15) is 40.6 Å². The fourth-order valence-electron chi connectivity index (χ4n) is 3.59. The molecule has 1 aliphatic heterocycles. The highest BCUT2D eigenvalue weighted by atomic mass is 16.4. The maximum absolute atomic E-state index is 11.4. The highest BCUT2D eigenvalue weighted by molar-refractivity contribution is 5.91. The Kier molecular flexibility index (Phi) is 4.50. The van der Waals surface area contributed by atoms with E-state index in [9.17, 15) is 9.90 Å². The zero-order valence-electron chi connectivity index (χ0n) is 14.3. The molecule has 0 saturated carbocycles. The van der Waals surface area contributed by atoms with E-state index in [-0.39, 0.29) is 5.56 Å². The fourth-order valence-corrected chi connectivity index (χ4v) is 3.59. The highest BCUT2D eigenvalue weighted by Crippen LogP contribution is 2.31. The summed E-state index contributed by atoms with van der Waals surface area (Å²) in [6.07, 6.45) is 7.67. The lowest BCUT2D eigenvalue weighted by atomic mass is 10.1. The van der Waals surface area contributed by atoms with Gasteiger partial charge in [-0.25, -0.2) is 9.78 Å². The van der Waals surface area contributed by atoms with Gasteiger partial charge in [0.15, 0.2) is 0 Å².